The van der Waals surface area contributed by atoms with Crippen molar-refractivity contribution < 1.29 is 8.78 Å². The Morgan fingerprint density at radius 1 is 1.05 bits per heavy atom. The molecule has 2 fully saturated rings. The summed E-state index contributed by atoms with van der Waals surface area (Å²) in [4.78, 5) is 0. The Labute approximate surface area is 113 Å². The molecule has 0 unspecified atom stereocenters. The third-order valence-corrected chi connectivity index (χ3v) is 4.51. The zero-order valence-electron chi connectivity index (χ0n) is 11.2. The van der Waals surface area contributed by atoms with Crippen molar-refractivity contribution in [1.82, 2.24) is 5.32 Å². The van der Waals surface area contributed by atoms with Gasteiger partial charge < -0.3 is 5.32 Å². The van der Waals surface area contributed by atoms with Crippen LogP contribution in [0.15, 0.2) is 18.2 Å². The van der Waals surface area contributed by atoms with Crippen LogP contribution >= 0.6 is 0 Å². The second kappa shape index (κ2) is 5.20. The van der Waals surface area contributed by atoms with Gasteiger partial charge in [0.05, 0.1) is 0 Å². The van der Waals surface area contributed by atoms with E-state index in [9.17, 15) is 8.78 Å². The highest BCUT2D eigenvalue weighted by atomic mass is 19.1. The highest BCUT2D eigenvalue weighted by molar-refractivity contribution is 5.20. The molecular weight excluding hydrogens is 244 g/mol. The average Bonchev–Trinajstić information content (AvgIpc) is 3.06. The van der Waals surface area contributed by atoms with Crippen molar-refractivity contribution in [3.05, 3.63) is 35.4 Å². The van der Waals surface area contributed by atoms with Crippen LogP contribution in [0.1, 0.15) is 44.1 Å². The van der Waals surface area contributed by atoms with Crippen molar-refractivity contribution in [2.45, 2.75) is 51.0 Å². The zero-order chi connectivity index (χ0) is 13.3. The van der Waals surface area contributed by atoms with Crippen molar-refractivity contribution >= 4 is 0 Å². The van der Waals surface area contributed by atoms with Crippen molar-refractivity contribution in [3.63, 3.8) is 0 Å². The van der Waals surface area contributed by atoms with E-state index in [-0.39, 0.29) is 5.41 Å². The summed E-state index contributed by atoms with van der Waals surface area (Å²) in [5, 5.41) is 3.60. The Balaban J connectivity index is 1.72. The predicted octanol–water partition coefficient (Wildman–Crippen LogP) is 3.82. The summed E-state index contributed by atoms with van der Waals surface area (Å²) in [6.45, 7) is 0.996. The van der Waals surface area contributed by atoms with Crippen LogP contribution in [0.5, 0.6) is 0 Å². The summed E-state index contributed by atoms with van der Waals surface area (Å²) >= 11 is 0. The normalized spacial score (nSPS) is 21.8. The Morgan fingerprint density at radius 3 is 2.26 bits per heavy atom. The van der Waals surface area contributed by atoms with Crippen LogP contribution < -0.4 is 5.32 Å². The van der Waals surface area contributed by atoms with Gasteiger partial charge in [-0.1, -0.05) is 12.8 Å². The Kier molecular flexibility index (Phi) is 3.57. The van der Waals surface area contributed by atoms with Crippen molar-refractivity contribution in [2.75, 3.05) is 6.54 Å². The van der Waals surface area contributed by atoms with Crippen LogP contribution in [0.2, 0.25) is 0 Å². The third-order valence-electron chi connectivity index (χ3n) is 4.51. The van der Waals surface area contributed by atoms with Gasteiger partial charge in [-0.25, -0.2) is 8.78 Å². The Hall–Kier alpha value is -0.960. The van der Waals surface area contributed by atoms with Gasteiger partial charge in [0.2, 0.25) is 0 Å². The fraction of sp³-hybridized carbons (Fsp3) is 0.625. The van der Waals surface area contributed by atoms with Gasteiger partial charge in [-0.05, 0) is 55.2 Å². The maximum absolute atomic E-state index is 13.3. The van der Waals surface area contributed by atoms with Gasteiger partial charge in [0.15, 0.2) is 0 Å². The molecule has 0 saturated heterocycles. The fourth-order valence-corrected chi connectivity index (χ4v) is 3.34. The molecule has 0 radical (unpaired) electrons. The predicted molar refractivity (Wildman–Crippen MR) is 72.0 cm³/mol. The molecule has 0 heterocycles. The number of nitrogens with one attached hydrogen (secondary N) is 1. The quantitative estimate of drug-likeness (QED) is 0.853. The molecule has 1 aromatic rings. The largest absolute Gasteiger partial charge is 0.313 e. The van der Waals surface area contributed by atoms with Gasteiger partial charge >= 0.3 is 0 Å². The minimum atomic E-state index is -0.460. The summed E-state index contributed by atoms with van der Waals surface area (Å²) in [5.41, 5.74) is 1.01. The molecule has 2 aliphatic rings. The average molecular weight is 265 g/mol. The lowest BCUT2D eigenvalue weighted by molar-refractivity contribution is 0.276. The van der Waals surface area contributed by atoms with E-state index in [1.807, 2.05) is 0 Å². The van der Waals surface area contributed by atoms with E-state index in [4.69, 9.17) is 0 Å². The first-order chi connectivity index (χ1) is 9.15. The molecule has 0 atom stereocenters. The standard InChI is InChI=1S/C16H21F2N/c17-13-7-12(8-14(18)9-13)10-16(5-1-2-6-16)11-19-15-3-4-15/h7-9,15,19H,1-6,10-11H2. The van der Waals surface area contributed by atoms with E-state index < -0.39 is 11.6 Å². The van der Waals surface area contributed by atoms with Crippen molar-refractivity contribution in [1.29, 1.82) is 0 Å². The summed E-state index contributed by atoms with van der Waals surface area (Å²) in [6, 6.07) is 4.62. The lowest BCUT2D eigenvalue weighted by Crippen LogP contribution is -2.35. The van der Waals surface area contributed by atoms with Crippen LogP contribution in [0.3, 0.4) is 0 Å². The van der Waals surface area contributed by atoms with E-state index in [2.05, 4.69) is 5.32 Å². The van der Waals surface area contributed by atoms with Crippen LogP contribution in [-0.2, 0) is 6.42 Å². The number of benzene rings is 1. The first-order valence-corrected chi connectivity index (χ1v) is 7.34. The smallest absolute Gasteiger partial charge is 0.126 e. The van der Waals surface area contributed by atoms with Gasteiger partial charge in [0.25, 0.3) is 0 Å². The lowest BCUT2D eigenvalue weighted by Gasteiger charge is -2.30. The van der Waals surface area contributed by atoms with Gasteiger partial charge in [-0.2, -0.15) is 0 Å². The molecule has 0 aliphatic heterocycles. The van der Waals surface area contributed by atoms with E-state index in [1.54, 1.807) is 0 Å². The zero-order valence-corrected chi connectivity index (χ0v) is 11.2. The van der Waals surface area contributed by atoms with Gasteiger partial charge in [-0.3, -0.25) is 0 Å². The van der Waals surface area contributed by atoms with E-state index in [1.165, 1.54) is 50.7 Å². The molecule has 1 nitrogen and oxygen atoms in total. The second-order valence-corrected chi connectivity index (χ2v) is 6.32. The number of hydrogen-bond donors (Lipinski definition) is 1. The first kappa shape index (κ1) is 13.0. The van der Waals surface area contributed by atoms with Gasteiger partial charge in [0, 0.05) is 18.7 Å². The molecule has 19 heavy (non-hydrogen) atoms. The molecule has 1 aromatic carbocycles. The summed E-state index contributed by atoms with van der Waals surface area (Å²) in [7, 11) is 0. The van der Waals surface area contributed by atoms with Crippen LogP contribution in [0.4, 0.5) is 8.78 Å². The molecule has 0 amide bonds. The molecule has 3 heteroatoms. The lowest BCUT2D eigenvalue weighted by atomic mass is 9.80. The van der Waals surface area contributed by atoms with E-state index >= 15 is 0 Å². The summed E-state index contributed by atoms with van der Waals surface area (Å²) < 4.78 is 26.6. The minimum Gasteiger partial charge on any atom is -0.313 e. The van der Waals surface area contributed by atoms with E-state index in [0.29, 0.717) is 6.04 Å². The minimum absolute atomic E-state index is 0.211. The molecule has 0 bridgehead atoms. The molecule has 0 spiro atoms. The van der Waals surface area contributed by atoms with Crippen LogP contribution in [0.25, 0.3) is 0 Å². The van der Waals surface area contributed by atoms with Crippen LogP contribution in [0, 0.1) is 17.0 Å². The molecule has 1 N–H and O–H groups in total. The maximum atomic E-state index is 13.3. The topological polar surface area (TPSA) is 12.0 Å². The van der Waals surface area contributed by atoms with Gasteiger partial charge in [0.1, 0.15) is 11.6 Å². The third kappa shape index (κ3) is 3.33. The number of rotatable bonds is 5. The van der Waals surface area contributed by atoms with E-state index in [0.717, 1.165) is 24.6 Å². The Bertz CT molecular complexity index is 428. The molecule has 2 aliphatic carbocycles. The summed E-state index contributed by atoms with van der Waals surface area (Å²) in [6.07, 6.45) is 8.18. The van der Waals surface area contributed by atoms with Gasteiger partial charge in [-0.15, -0.1) is 0 Å². The second-order valence-electron chi connectivity index (χ2n) is 6.32. The van der Waals surface area contributed by atoms with Crippen molar-refractivity contribution in [3.8, 4) is 0 Å². The Morgan fingerprint density at radius 2 is 1.68 bits per heavy atom. The molecular formula is C16H21F2N. The number of hydrogen-bond acceptors (Lipinski definition) is 1. The summed E-state index contributed by atoms with van der Waals surface area (Å²) in [5.74, 6) is -0.920. The monoisotopic (exact) mass is 265 g/mol. The van der Waals surface area contributed by atoms with Crippen LogP contribution in [-0.4, -0.2) is 12.6 Å². The molecule has 3 rings (SSSR count). The first-order valence-electron chi connectivity index (χ1n) is 7.34. The SMILES string of the molecule is Fc1cc(F)cc(CC2(CNC3CC3)CCCC2)c1. The fourth-order valence-electron chi connectivity index (χ4n) is 3.34. The highest BCUT2D eigenvalue weighted by Gasteiger charge is 2.35. The molecule has 2 saturated carbocycles. The van der Waals surface area contributed by atoms with Crippen molar-refractivity contribution in [2.24, 2.45) is 5.41 Å². The maximum Gasteiger partial charge on any atom is 0.126 e. The molecule has 0 aromatic heterocycles. The number of halogens is 2. The molecule has 104 valence electrons. The highest BCUT2D eigenvalue weighted by Crippen LogP contribution is 2.41.